The van der Waals surface area contributed by atoms with Crippen molar-refractivity contribution in [3.63, 3.8) is 0 Å². The van der Waals surface area contributed by atoms with Crippen molar-refractivity contribution < 1.29 is 17.9 Å². The van der Waals surface area contributed by atoms with Crippen molar-refractivity contribution in [3.05, 3.63) is 22.7 Å². The van der Waals surface area contributed by atoms with Gasteiger partial charge in [0.05, 0.1) is 18.0 Å². The zero-order valence-electron chi connectivity index (χ0n) is 8.85. The molecule has 0 fully saturated rings. The molecule has 0 aliphatic heterocycles. The predicted octanol–water partition coefficient (Wildman–Crippen LogP) is 3.02. The number of hydrogen-bond donors (Lipinski definition) is 2. The number of alkyl halides is 3. The van der Waals surface area contributed by atoms with Gasteiger partial charge >= 0.3 is 6.18 Å². The van der Waals surface area contributed by atoms with E-state index in [1.807, 2.05) is 0 Å². The number of hydrogen-bond acceptors (Lipinski definition) is 3. The summed E-state index contributed by atoms with van der Waals surface area (Å²) in [6.07, 6.45) is -4.28. The Morgan fingerprint density at radius 2 is 2.06 bits per heavy atom. The number of anilines is 2. The van der Waals surface area contributed by atoms with Crippen molar-refractivity contribution in [1.29, 1.82) is 0 Å². The first-order valence-electron chi connectivity index (χ1n) is 4.82. The minimum absolute atomic E-state index is 0.0327. The Labute approximate surface area is 105 Å². The Morgan fingerprint density at radius 1 is 1.35 bits per heavy atom. The molecule has 7 heteroatoms. The molecule has 3 nitrogen and oxygen atoms in total. The average molecular weight is 313 g/mol. The summed E-state index contributed by atoms with van der Waals surface area (Å²) < 4.78 is 40.5. The van der Waals surface area contributed by atoms with Crippen LogP contribution in [0.3, 0.4) is 0 Å². The van der Waals surface area contributed by atoms with Gasteiger partial charge in [0, 0.05) is 11.0 Å². The maximum Gasteiger partial charge on any atom is 0.411 e. The van der Waals surface area contributed by atoms with Crippen LogP contribution in [0, 0.1) is 0 Å². The van der Waals surface area contributed by atoms with E-state index in [1.54, 1.807) is 18.2 Å². The molecule has 0 spiro atoms. The monoisotopic (exact) mass is 312 g/mol. The van der Waals surface area contributed by atoms with E-state index in [-0.39, 0.29) is 13.2 Å². The van der Waals surface area contributed by atoms with Crippen molar-refractivity contribution in [1.82, 2.24) is 0 Å². The topological polar surface area (TPSA) is 47.3 Å². The third kappa shape index (κ3) is 5.78. The summed E-state index contributed by atoms with van der Waals surface area (Å²) in [7, 11) is 0. The molecule has 0 aliphatic rings. The summed E-state index contributed by atoms with van der Waals surface area (Å²) in [6.45, 7) is -0.999. The van der Waals surface area contributed by atoms with Crippen LogP contribution in [-0.4, -0.2) is 25.9 Å². The first-order chi connectivity index (χ1) is 7.88. The van der Waals surface area contributed by atoms with E-state index < -0.39 is 12.8 Å². The largest absolute Gasteiger partial charge is 0.411 e. The lowest BCUT2D eigenvalue weighted by Crippen LogP contribution is -2.20. The molecule has 96 valence electrons. The average Bonchev–Trinajstić information content (AvgIpc) is 2.18. The van der Waals surface area contributed by atoms with E-state index in [0.29, 0.717) is 11.4 Å². The maximum atomic E-state index is 11.7. The van der Waals surface area contributed by atoms with Crippen LogP contribution in [0.4, 0.5) is 24.5 Å². The van der Waals surface area contributed by atoms with Crippen molar-refractivity contribution in [2.75, 3.05) is 30.8 Å². The molecule has 0 atom stereocenters. The second-order valence-corrected chi connectivity index (χ2v) is 4.24. The maximum absolute atomic E-state index is 11.7. The number of rotatable bonds is 5. The standard InChI is InChI=1S/C10H12BrF3N2O/c11-7-1-2-9(8(15)5-7)16-3-4-17-6-10(12,13)14/h1-2,5,16H,3-4,6,15H2. The molecule has 0 heterocycles. The number of benzene rings is 1. The summed E-state index contributed by atoms with van der Waals surface area (Å²) in [6, 6.07) is 5.23. The van der Waals surface area contributed by atoms with Crippen LogP contribution < -0.4 is 11.1 Å². The van der Waals surface area contributed by atoms with Crippen molar-refractivity contribution in [2.24, 2.45) is 0 Å². The zero-order valence-corrected chi connectivity index (χ0v) is 10.4. The minimum Gasteiger partial charge on any atom is -0.397 e. The highest BCUT2D eigenvalue weighted by Gasteiger charge is 2.27. The van der Waals surface area contributed by atoms with Crippen LogP contribution in [0.5, 0.6) is 0 Å². The van der Waals surface area contributed by atoms with Gasteiger partial charge in [0.25, 0.3) is 0 Å². The molecule has 0 bridgehead atoms. The fraction of sp³-hybridized carbons (Fsp3) is 0.400. The van der Waals surface area contributed by atoms with Crippen LogP contribution >= 0.6 is 15.9 Å². The van der Waals surface area contributed by atoms with E-state index in [0.717, 1.165) is 4.47 Å². The molecule has 1 aromatic carbocycles. The van der Waals surface area contributed by atoms with Gasteiger partial charge in [0.15, 0.2) is 0 Å². The van der Waals surface area contributed by atoms with Crippen LogP contribution in [0.1, 0.15) is 0 Å². The Kier molecular flexibility index (Phi) is 5.07. The van der Waals surface area contributed by atoms with Crippen molar-refractivity contribution in [2.45, 2.75) is 6.18 Å². The molecule has 0 saturated carbocycles. The minimum atomic E-state index is -4.28. The highest BCUT2D eigenvalue weighted by atomic mass is 79.9. The smallest absolute Gasteiger partial charge is 0.397 e. The van der Waals surface area contributed by atoms with E-state index in [1.165, 1.54) is 0 Å². The van der Waals surface area contributed by atoms with E-state index in [9.17, 15) is 13.2 Å². The van der Waals surface area contributed by atoms with E-state index in [2.05, 4.69) is 26.0 Å². The van der Waals surface area contributed by atoms with Gasteiger partial charge in [-0.1, -0.05) is 15.9 Å². The fourth-order valence-electron chi connectivity index (χ4n) is 1.14. The molecule has 3 N–H and O–H groups in total. The number of nitrogen functional groups attached to an aromatic ring is 1. The summed E-state index contributed by atoms with van der Waals surface area (Å²) in [5.74, 6) is 0. The molecule has 0 saturated heterocycles. The van der Waals surface area contributed by atoms with Crippen molar-refractivity contribution >= 4 is 27.3 Å². The predicted molar refractivity (Wildman–Crippen MR) is 63.9 cm³/mol. The van der Waals surface area contributed by atoms with Gasteiger partial charge < -0.3 is 15.8 Å². The molecular formula is C10H12BrF3N2O. The molecular weight excluding hydrogens is 301 g/mol. The molecule has 0 aliphatic carbocycles. The van der Waals surface area contributed by atoms with Gasteiger partial charge in [-0.3, -0.25) is 0 Å². The molecule has 0 aromatic heterocycles. The van der Waals surface area contributed by atoms with Crippen LogP contribution in [0.15, 0.2) is 22.7 Å². The quantitative estimate of drug-likeness (QED) is 0.649. The third-order valence-corrected chi connectivity index (χ3v) is 2.33. The number of nitrogens with two attached hydrogens (primary N) is 1. The Hall–Kier alpha value is -0.950. The lowest BCUT2D eigenvalue weighted by Gasteiger charge is -2.11. The Morgan fingerprint density at radius 3 is 2.65 bits per heavy atom. The number of ether oxygens (including phenoxy) is 1. The van der Waals surface area contributed by atoms with Crippen LogP contribution in [0.2, 0.25) is 0 Å². The van der Waals surface area contributed by atoms with Crippen molar-refractivity contribution in [3.8, 4) is 0 Å². The van der Waals surface area contributed by atoms with Crippen LogP contribution in [0.25, 0.3) is 0 Å². The van der Waals surface area contributed by atoms with Gasteiger partial charge in [-0.15, -0.1) is 0 Å². The van der Waals surface area contributed by atoms with Gasteiger partial charge in [-0.05, 0) is 18.2 Å². The second-order valence-electron chi connectivity index (χ2n) is 3.33. The van der Waals surface area contributed by atoms with E-state index in [4.69, 9.17) is 5.73 Å². The van der Waals surface area contributed by atoms with E-state index >= 15 is 0 Å². The zero-order chi connectivity index (χ0) is 12.9. The Bertz CT molecular complexity index is 371. The molecule has 1 rings (SSSR count). The number of halogens is 4. The lowest BCUT2D eigenvalue weighted by atomic mass is 10.3. The normalized spacial score (nSPS) is 11.5. The SMILES string of the molecule is Nc1cc(Br)ccc1NCCOCC(F)(F)F. The first kappa shape index (κ1) is 14.1. The van der Waals surface area contributed by atoms with Gasteiger partial charge in [0.1, 0.15) is 6.61 Å². The Balaban J connectivity index is 2.27. The number of nitrogens with one attached hydrogen (secondary N) is 1. The molecule has 0 radical (unpaired) electrons. The summed E-state index contributed by atoms with van der Waals surface area (Å²) >= 11 is 3.25. The third-order valence-electron chi connectivity index (χ3n) is 1.84. The molecule has 0 amide bonds. The van der Waals surface area contributed by atoms with Gasteiger partial charge in [-0.2, -0.15) is 13.2 Å². The molecule has 1 aromatic rings. The lowest BCUT2D eigenvalue weighted by molar-refractivity contribution is -0.172. The highest BCUT2D eigenvalue weighted by molar-refractivity contribution is 9.10. The molecule has 0 unspecified atom stereocenters. The summed E-state index contributed by atoms with van der Waals surface area (Å²) in [5.41, 5.74) is 6.89. The fourth-order valence-corrected chi connectivity index (χ4v) is 1.52. The summed E-state index contributed by atoms with van der Waals surface area (Å²) in [4.78, 5) is 0. The van der Waals surface area contributed by atoms with Crippen LogP contribution in [-0.2, 0) is 4.74 Å². The second kappa shape index (κ2) is 6.11. The van der Waals surface area contributed by atoms with Gasteiger partial charge in [0.2, 0.25) is 0 Å². The van der Waals surface area contributed by atoms with Gasteiger partial charge in [-0.25, -0.2) is 0 Å². The summed E-state index contributed by atoms with van der Waals surface area (Å²) in [5, 5.41) is 2.89. The highest BCUT2D eigenvalue weighted by Crippen LogP contribution is 2.22. The first-order valence-corrected chi connectivity index (χ1v) is 5.61. The molecule has 17 heavy (non-hydrogen) atoms.